The Bertz CT molecular complexity index is 341. The van der Waals surface area contributed by atoms with Crippen molar-refractivity contribution in [1.82, 2.24) is 0 Å². The Morgan fingerprint density at radius 1 is 0.636 bits per heavy atom. The molecule has 0 unspecified atom stereocenters. The van der Waals surface area contributed by atoms with E-state index in [4.69, 9.17) is 0 Å². The largest absolute Gasteiger partial charge is 0.299 e. The van der Waals surface area contributed by atoms with Crippen LogP contribution in [-0.2, 0) is 19.2 Å². The van der Waals surface area contributed by atoms with E-state index < -0.39 is 11.8 Å². The van der Waals surface area contributed by atoms with Gasteiger partial charge in [0, 0.05) is 11.5 Å². The third-order valence-corrected chi connectivity index (χ3v) is 5.65. The molecule has 0 amide bonds. The molecule has 6 heteroatoms. The van der Waals surface area contributed by atoms with Crippen LogP contribution in [0.2, 0.25) is 0 Å². The summed E-state index contributed by atoms with van der Waals surface area (Å²) in [4.78, 5) is 45.1. The van der Waals surface area contributed by atoms with Crippen LogP contribution in [0.15, 0.2) is 0 Å². The standard InChI is InChI=1S/C16H26O4S2/c1-11(17)15(12(2)18)9-21-7-5-6-8-22-10-16(13(3)19)14(4)20/h15-16H,5-10H2,1-4H3. The Morgan fingerprint density at radius 2 is 0.909 bits per heavy atom. The maximum atomic E-state index is 11.3. The topological polar surface area (TPSA) is 68.3 Å². The molecule has 0 fully saturated rings. The van der Waals surface area contributed by atoms with Crippen molar-refractivity contribution in [2.24, 2.45) is 11.8 Å². The summed E-state index contributed by atoms with van der Waals surface area (Å²) >= 11 is 3.27. The second kappa shape index (κ2) is 11.9. The third kappa shape index (κ3) is 9.41. The van der Waals surface area contributed by atoms with Crippen molar-refractivity contribution >= 4 is 46.7 Å². The number of unbranched alkanes of at least 4 members (excludes halogenated alkanes) is 1. The van der Waals surface area contributed by atoms with Gasteiger partial charge in [0.1, 0.15) is 23.1 Å². The first-order valence-electron chi connectivity index (χ1n) is 7.44. The van der Waals surface area contributed by atoms with Gasteiger partial charge in [0.2, 0.25) is 0 Å². The second-order valence-electron chi connectivity index (χ2n) is 5.40. The van der Waals surface area contributed by atoms with Crippen LogP contribution in [0.25, 0.3) is 0 Å². The summed E-state index contributed by atoms with van der Waals surface area (Å²) in [5.74, 6) is 1.79. The Hall–Kier alpha value is -0.620. The maximum Gasteiger partial charge on any atom is 0.141 e. The zero-order valence-electron chi connectivity index (χ0n) is 13.8. The molecule has 0 aromatic rings. The summed E-state index contributed by atoms with van der Waals surface area (Å²) in [6.45, 7) is 5.85. The number of carbonyl (C=O) groups is 4. The molecule has 0 bridgehead atoms. The zero-order valence-corrected chi connectivity index (χ0v) is 15.5. The number of hydrogen-bond acceptors (Lipinski definition) is 6. The lowest BCUT2D eigenvalue weighted by Gasteiger charge is -2.10. The van der Waals surface area contributed by atoms with Crippen molar-refractivity contribution in [3.8, 4) is 0 Å². The summed E-state index contributed by atoms with van der Waals surface area (Å²) in [5, 5.41) is 0. The van der Waals surface area contributed by atoms with Crippen LogP contribution in [-0.4, -0.2) is 46.1 Å². The molecule has 0 heterocycles. The predicted molar refractivity (Wildman–Crippen MR) is 93.6 cm³/mol. The van der Waals surface area contributed by atoms with Gasteiger partial charge in [-0.05, 0) is 52.0 Å². The molecular formula is C16H26O4S2. The highest BCUT2D eigenvalue weighted by Crippen LogP contribution is 2.16. The number of carbonyl (C=O) groups excluding carboxylic acids is 4. The van der Waals surface area contributed by atoms with Crippen LogP contribution >= 0.6 is 23.5 Å². The molecule has 0 radical (unpaired) electrons. The predicted octanol–water partition coefficient (Wildman–Crippen LogP) is 2.82. The highest BCUT2D eigenvalue weighted by molar-refractivity contribution is 7.99. The first-order valence-corrected chi connectivity index (χ1v) is 9.75. The van der Waals surface area contributed by atoms with E-state index in [0.29, 0.717) is 11.5 Å². The van der Waals surface area contributed by atoms with Crippen molar-refractivity contribution in [3.63, 3.8) is 0 Å². The Kier molecular flexibility index (Phi) is 11.5. The number of ketones is 4. The van der Waals surface area contributed by atoms with Gasteiger partial charge in [-0.1, -0.05) is 0 Å². The highest BCUT2D eigenvalue weighted by Gasteiger charge is 2.19. The summed E-state index contributed by atoms with van der Waals surface area (Å²) in [7, 11) is 0. The Balaban J connectivity index is 3.70. The fraction of sp³-hybridized carbons (Fsp3) is 0.750. The van der Waals surface area contributed by atoms with Crippen molar-refractivity contribution in [1.29, 1.82) is 0 Å². The molecule has 0 spiro atoms. The van der Waals surface area contributed by atoms with E-state index in [9.17, 15) is 19.2 Å². The molecule has 0 aliphatic heterocycles. The molecule has 0 aliphatic carbocycles. The van der Waals surface area contributed by atoms with Crippen LogP contribution in [0.5, 0.6) is 0 Å². The van der Waals surface area contributed by atoms with Crippen molar-refractivity contribution in [3.05, 3.63) is 0 Å². The van der Waals surface area contributed by atoms with Gasteiger partial charge in [-0.25, -0.2) is 0 Å². The maximum absolute atomic E-state index is 11.3. The van der Waals surface area contributed by atoms with Crippen LogP contribution in [0.3, 0.4) is 0 Å². The van der Waals surface area contributed by atoms with E-state index in [0.717, 1.165) is 24.3 Å². The molecule has 126 valence electrons. The van der Waals surface area contributed by atoms with Crippen LogP contribution in [0.1, 0.15) is 40.5 Å². The lowest BCUT2D eigenvalue weighted by molar-refractivity contribution is -0.131. The van der Waals surface area contributed by atoms with Crippen LogP contribution in [0.4, 0.5) is 0 Å². The van der Waals surface area contributed by atoms with Crippen LogP contribution in [0, 0.1) is 11.8 Å². The lowest BCUT2D eigenvalue weighted by Crippen LogP contribution is -2.22. The molecule has 0 aliphatic rings. The van der Waals surface area contributed by atoms with Crippen molar-refractivity contribution in [2.75, 3.05) is 23.0 Å². The molecule has 0 saturated carbocycles. The fourth-order valence-electron chi connectivity index (χ4n) is 1.85. The molecule has 0 saturated heterocycles. The Morgan fingerprint density at radius 3 is 1.14 bits per heavy atom. The average Bonchev–Trinajstić information content (AvgIpc) is 2.38. The summed E-state index contributed by atoms with van der Waals surface area (Å²) in [6.07, 6.45) is 2.01. The van der Waals surface area contributed by atoms with E-state index in [-0.39, 0.29) is 23.1 Å². The molecule has 0 aromatic heterocycles. The third-order valence-electron chi connectivity index (χ3n) is 3.36. The molecule has 0 rings (SSSR count). The van der Waals surface area contributed by atoms with Gasteiger partial charge in [0.25, 0.3) is 0 Å². The fourth-order valence-corrected chi connectivity index (χ4v) is 4.41. The summed E-state index contributed by atoms with van der Waals surface area (Å²) < 4.78 is 0. The van der Waals surface area contributed by atoms with E-state index in [1.54, 1.807) is 23.5 Å². The SMILES string of the molecule is CC(=O)C(CSCCCCSCC(C(C)=O)C(C)=O)C(C)=O. The smallest absolute Gasteiger partial charge is 0.141 e. The minimum absolute atomic E-state index is 0.0601. The van der Waals surface area contributed by atoms with E-state index in [1.165, 1.54) is 27.7 Å². The molecular weight excluding hydrogens is 320 g/mol. The van der Waals surface area contributed by atoms with E-state index in [2.05, 4.69) is 0 Å². The highest BCUT2D eigenvalue weighted by atomic mass is 32.2. The van der Waals surface area contributed by atoms with Gasteiger partial charge < -0.3 is 0 Å². The first kappa shape index (κ1) is 21.4. The monoisotopic (exact) mass is 346 g/mol. The lowest BCUT2D eigenvalue weighted by atomic mass is 10.0. The van der Waals surface area contributed by atoms with Gasteiger partial charge in [0.05, 0.1) is 11.8 Å². The molecule has 4 nitrogen and oxygen atoms in total. The van der Waals surface area contributed by atoms with Gasteiger partial charge in [-0.15, -0.1) is 0 Å². The molecule has 0 N–H and O–H groups in total. The average molecular weight is 347 g/mol. The van der Waals surface area contributed by atoms with Crippen molar-refractivity contribution in [2.45, 2.75) is 40.5 Å². The van der Waals surface area contributed by atoms with Gasteiger partial charge in [0.15, 0.2) is 0 Å². The summed E-state index contributed by atoms with van der Waals surface area (Å²) in [6, 6.07) is 0. The van der Waals surface area contributed by atoms with E-state index >= 15 is 0 Å². The first-order chi connectivity index (χ1) is 10.3. The normalized spacial score (nSPS) is 11.0. The quantitative estimate of drug-likeness (QED) is 0.377. The van der Waals surface area contributed by atoms with Crippen molar-refractivity contribution < 1.29 is 19.2 Å². The minimum atomic E-state index is -0.466. The zero-order chi connectivity index (χ0) is 17.1. The van der Waals surface area contributed by atoms with E-state index in [1.807, 2.05) is 0 Å². The van der Waals surface area contributed by atoms with Gasteiger partial charge in [-0.3, -0.25) is 19.2 Å². The molecule has 22 heavy (non-hydrogen) atoms. The number of thioether (sulfide) groups is 2. The summed E-state index contributed by atoms with van der Waals surface area (Å²) in [5.41, 5.74) is 0. The van der Waals surface area contributed by atoms with Gasteiger partial charge >= 0.3 is 0 Å². The molecule has 0 aromatic carbocycles. The number of rotatable bonds is 13. The second-order valence-corrected chi connectivity index (χ2v) is 7.70. The minimum Gasteiger partial charge on any atom is -0.299 e. The number of hydrogen-bond donors (Lipinski definition) is 0. The van der Waals surface area contributed by atoms with Gasteiger partial charge in [-0.2, -0.15) is 23.5 Å². The number of Topliss-reactive ketones (excluding diaryl/α,β-unsaturated/α-hetero) is 4. The van der Waals surface area contributed by atoms with Crippen LogP contribution < -0.4 is 0 Å². The molecule has 0 atom stereocenters. The Labute approximate surface area is 141 Å².